The first-order chi connectivity index (χ1) is 15.9. The molecule has 0 atom stereocenters. The van der Waals surface area contributed by atoms with Crippen molar-refractivity contribution in [1.29, 1.82) is 5.26 Å². The molecule has 164 valence electrons. The van der Waals surface area contributed by atoms with Gasteiger partial charge in [-0.2, -0.15) is 10.4 Å². The Bertz CT molecular complexity index is 1390. The molecule has 7 nitrogen and oxygen atoms in total. The van der Waals surface area contributed by atoms with Gasteiger partial charge in [-0.05, 0) is 42.0 Å². The molecule has 0 spiro atoms. The number of pyridine rings is 1. The highest BCUT2D eigenvalue weighted by Crippen LogP contribution is 2.28. The molecule has 1 amide bonds. The van der Waals surface area contributed by atoms with E-state index in [1.165, 1.54) is 17.4 Å². The van der Waals surface area contributed by atoms with Crippen LogP contribution >= 0.6 is 34.5 Å². The minimum atomic E-state index is -0.552. The summed E-state index contributed by atoms with van der Waals surface area (Å²) in [6, 6.07) is 10.9. The zero-order valence-electron chi connectivity index (χ0n) is 17.3. The molecule has 0 bridgehead atoms. The van der Waals surface area contributed by atoms with Gasteiger partial charge in [0.05, 0.1) is 5.69 Å². The number of nitrogens with zero attached hydrogens (tertiary/aromatic N) is 5. The number of hydrogen-bond acceptors (Lipinski definition) is 6. The monoisotopic (exact) mass is 494 g/mol. The van der Waals surface area contributed by atoms with Gasteiger partial charge in [-0.3, -0.25) is 19.8 Å². The van der Waals surface area contributed by atoms with Gasteiger partial charge in [0, 0.05) is 64.3 Å². The van der Waals surface area contributed by atoms with Crippen LogP contribution in [-0.2, 0) is 18.3 Å². The summed E-state index contributed by atoms with van der Waals surface area (Å²) in [5.74, 6) is -0.552. The lowest BCUT2D eigenvalue weighted by Gasteiger charge is -2.03. The molecule has 4 rings (SSSR count). The number of hydrogen-bond donors (Lipinski definition) is 1. The predicted molar refractivity (Wildman–Crippen MR) is 130 cm³/mol. The normalized spacial score (nSPS) is 11.3. The number of carbonyl (C=O) groups is 1. The summed E-state index contributed by atoms with van der Waals surface area (Å²) < 4.78 is 1.63. The van der Waals surface area contributed by atoms with E-state index in [1.54, 1.807) is 54.7 Å². The maximum atomic E-state index is 12.8. The summed E-state index contributed by atoms with van der Waals surface area (Å²) in [6.45, 7) is 0. The molecule has 33 heavy (non-hydrogen) atoms. The number of aromatic nitrogens is 4. The summed E-state index contributed by atoms with van der Waals surface area (Å²) >= 11 is 13.6. The Balaban J connectivity index is 1.52. The second kappa shape index (κ2) is 9.96. The molecule has 0 aliphatic heterocycles. The lowest BCUT2D eigenvalue weighted by atomic mass is 10.1. The van der Waals surface area contributed by atoms with E-state index in [-0.39, 0.29) is 5.57 Å². The second-order valence-electron chi connectivity index (χ2n) is 7.01. The van der Waals surface area contributed by atoms with Gasteiger partial charge in [0.15, 0.2) is 5.13 Å². The smallest absolute Gasteiger partial charge is 0.268 e. The van der Waals surface area contributed by atoms with Crippen LogP contribution in [-0.4, -0.2) is 25.7 Å². The Morgan fingerprint density at radius 3 is 2.82 bits per heavy atom. The van der Waals surface area contributed by atoms with E-state index in [0.717, 1.165) is 16.0 Å². The fraction of sp³-hybridized carbons (Fsp3) is 0.0870. The van der Waals surface area contributed by atoms with E-state index in [4.69, 9.17) is 23.2 Å². The van der Waals surface area contributed by atoms with Crippen molar-refractivity contribution in [2.45, 2.75) is 6.42 Å². The van der Waals surface area contributed by atoms with Crippen LogP contribution in [0.5, 0.6) is 0 Å². The van der Waals surface area contributed by atoms with Crippen LogP contribution in [0.25, 0.3) is 17.3 Å². The van der Waals surface area contributed by atoms with Crippen LogP contribution in [0.15, 0.2) is 60.7 Å². The van der Waals surface area contributed by atoms with Gasteiger partial charge in [0.2, 0.25) is 0 Å². The van der Waals surface area contributed by atoms with E-state index >= 15 is 0 Å². The van der Waals surface area contributed by atoms with Crippen LogP contribution in [0.2, 0.25) is 10.0 Å². The van der Waals surface area contributed by atoms with E-state index in [9.17, 15) is 10.1 Å². The quantitative estimate of drug-likeness (QED) is 0.286. The van der Waals surface area contributed by atoms with E-state index in [2.05, 4.69) is 20.4 Å². The number of thiazole rings is 1. The Hall–Kier alpha value is -3.51. The lowest BCUT2D eigenvalue weighted by Crippen LogP contribution is -2.13. The Kier molecular flexibility index (Phi) is 6.84. The molecular formula is C23H16Cl2N6OS. The van der Waals surface area contributed by atoms with Crippen molar-refractivity contribution >= 4 is 51.7 Å². The summed E-state index contributed by atoms with van der Waals surface area (Å²) in [5.41, 5.74) is 2.93. The van der Waals surface area contributed by atoms with Crippen LogP contribution < -0.4 is 5.32 Å². The number of carbonyl (C=O) groups excluding carboxylic acids is 1. The first-order valence-corrected chi connectivity index (χ1v) is 11.3. The average molecular weight is 495 g/mol. The molecule has 0 saturated heterocycles. The summed E-state index contributed by atoms with van der Waals surface area (Å²) in [5, 5.41) is 18.3. The number of anilines is 1. The van der Waals surface area contributed by atoms with Gasteiger partial charge in [-0.15, -0.1) is 11.3 Å². The number of benzene rings is 1. The third-order valence-electron chi connectivity index (χ3n) is 4.62. The van der Waals surface area contributed by atoms with Gasteiger partial charge in [-0.25, -0.2) is 4.98 Å². The maximum Gasteiger partial charge on any atom is 0.268 e. The van der Waals surface area contributed by atoms with Gasteiger partial charge in [0.25, 0.3) is 5.91 Å². The number of halogens is 2. The molecule has 0 fully saturated rings. The largest absolute Gasteiger partial charge is 0.297 e. The fourth-order valence-electron chi connectivity index (χ4n) is 3.13. The molecule has 0 aliphatic carbocycles. The number of nitrogens with one attached hydrogen (secondary N) is 1. The van der Waals surface area contributed by atoms with Crippen molar-refractivity contribution in [3.8, 4) is 17.3 Å². The van der Waals surface area contributed by atoms with E-state index < -0.39 is 5.91 Å². The zero-order valence-corrected chi connectivity index (χ0v) is 19.6. The first-order valence-electron chi connectivity index (χ1n) is 9.69. The molecule has 0 aliphatic rings. The van der Waals surface area contributed by atoms with Gasteiger partial charge < -0.3 is 0 Å². The molecule has 4 aromatic rings. The minimum Gasteiger partial charge on any atom is -0.297 e. The molecule has 3 heterocycles. The van der Waals surface area contributed by atoms with Crippen molar-refractivity contribution in [2.75, 3.05) is 5.32 Å². The van der Waals surface area contributed by atoms with Crippen LogP contribution in [0, 0.1) is 11.3 Å². The van der Waals surface area contributed by atoms with Gasteiger partial charge >= 0.3 is 0 Å². The van der Waals surface area contributed by atoms with Crippen molar-refractivity contribution in [3.63, 3.8) is 0 Å². The maximum absolute atomic E-state index is 12.8. The molecular weight excluding hydrogens is 479 g/mol. The van der Waals surface area contributed by atoms with Crippen molar-refractivity contribution in [2.24, 2.45) is 7.05 Å². The molecule has 10 heteroatoms. The fourth-order valence-corrected chi connectivity index (χ4v) is 4.34. The van der Waals surface area contributed by atoms with Crippen molar-refractivity contribution in [1.82, 2.24) is 19.7 Å². The molecule has 1 N–H and O–H groups in total. The summed E-state index contributed by atoms with van der Waals surface area (Å²) in [6.07, 6.45) is 8.77. The zero-order chi connectivity index (χ0) is 23.4. The second-order valence-corrected chi connectivity index (χ2v) is 8.97. The van der Waals surface area contributed by atoms with Gasteiger partial charge in [-0.1, -0.05) is 23.2 Å². The molecule has 3 aromatic heterocycles. The minimum absolute atomic E-state index is 0.0621. The lowest BCUT2D eigenvalue weighted by molar-refractivity contribution is -0.112. The van der Waals surface area contributed by atoms with Crippen molar-refractivity contribution < 1.29 is 4.79 Å². The number of nitriles is 1. The highest BCUT2D eigenvalue weighted by Gasteiger charge is 2.16. The summed E-state index contributed by atoms with van der Waals surface area (Å²) in [7, 11) is 1.78. The van der Waals surface area contributed by atoms with Crippen LogP contribution in [0.3, 0.4) is 0 Å². The van der Waals surface area contributed by atoms with Crippen molar-refractivity contribution in [3.05, 3.63) is 86.7 Å². The van der Waals surface area contributed by atoms with Crippen LogP contribution in [0.4, 0.5) is 5.13 Å². The standard InChI is InChI=1S/C23H16Cl2N6OS/c1-31-13-17(21(30-31)14-4-6-27-7-5-14)8-16(11-26)22(32)29-23-28-12-19(33-23)10-15-9-18(24)2-3-20(15)25/h2-9,12-13H,10H2,1H3,(H,28,29,32)/b16-8-. The molecule has 1 aromatic carbocycles. The number of amides is 1. The van der Waals surface area contributed by atoms with Crippen LogP contribution in [0.1, 0.15) is 16.0 Å². The molecule has 0 radical (unpaired) electrons. The third kappa shape index (κ3) is 5.46. The topological polar surface area (TPSA) is 96.5 Å². The molecule has 0 saturated carbocycles. The number of aryl methyl sites for hydroxylation is 1. The number of rotatable bonds is 6. The molecule has 0 unspecified atom stereocenters. The third-order valence-corrected chi connectivity index (χ3v) is 6.14. The SMILES string of the molecule is Cn1cc(/C=C(/C#N)C(=O)Nc2ncc(Cc3cc(Cl)ccc3Cl)s2)c(-c2ccncc2)n1. The van der Waals surface area contributed by atoms with Gasteiger partial charge in [0.1, 0.15) is 11.6 Å². The van der Waals surface area contributed by atoms with E-state index in [0.29, 0.717) is 32.9 Å². The Morgan fingerprint density at radius 2 is 2.06 bits per heavy atom. The Morgan fingerprint density at radius 1 is 1.27 bits per heavy atom. The predicted octanol–water partition coefficient (Wildman–Crippen LogP) is 5.38. The first kappa shape index (κ1) is 22.7. The average Bonchev–Trinajstić information content (AvgIpc) is 3.40. The summed E-state index contributed by atoms with van der Waals surface area (Å²) in [4.78, 5) is 21.9. The van der Waals surface area contributed by atoms with E-state index in [1.807, 2.05) is 18.2 Å². The highest BCUT2D eigenvalue weighted by atomic mass is 35.5. The highest BCUT2D eigenvalue weighted by molar-refractivity contribution is 7.15. The Labute approximate surface area is 204 Å².